The van der Waals surface area contributed by atoms with Crippen LogP contribution in [0.2, 0.25) is 84.6 Å². The molecule has 0 aliphatic heterocycles. The van der Waals surface area contributed by atoms with Crippen LogP contribution in [0.5, 0.6) is 0 Å². The first kappa shape index (κ1) is 23.1. The molecule has 0 heterocycles. The van der Waals surface area contributed by atoms with E-state index < -0.39 is 32.3 Å². The predicted octanol–water partition coefficient (Wildman–Crippen LogP) is 6.78. The SMILES string of the molecule is C[Si](C)(C)/C=C/C(O/C(=C/C[Si](C)(C)C)[Si](C)(C)C)[Si](C)(C)C. The Bertz CT molecular complexity index is 426. The molecule has 0 rings (SSSR count). The van der Waals surface area contributed by atoms with Crippen molar-refractivity contribution in [2.75, 3.05) is 0 Å². The van der Waals surface area contributed by atoms with Crippen LogP contribution < -0.4 is 0 Å². The summed E-state index contributed by atoms with van der Waals surface area (Å²) in [5.74, 6) is 0. The van der Waals surface area contributed by atoms with Gasteiger partial charge in [0.15, 0.2) is 0 Å². The van der Waals surface area contributed by atoms with Crippen molar-refractivity contribution in [2.45, 2.75) is 90.3 Å². The van der Waals surface area contributed by atoms with Crippen LogP contribution in [-0.2, 0) is 4.74 Å². The molecule has 0 aromatic rings. The minimum atomic E-state index is -1.44. The molecule has 1 unspecified atom stereocenters. The Labute approximate surface area is 150 Å². The lowest BCUT2D eigenvalue weighted by atomic mass is 10.6. The Morgan fingerprint density at radius 1 is 0.826 bits per heavy atom. The highest BCUT2D eigenvalue weighted by Gasteiger charge is 2.31. The average Bonchev–Trinajstić information content (AvgIpc) is 2.21. The van der Waals surface area contributed by atoms with Crippen molar-refractivity contribution in [3.63, 3.8) is 0 Å². The molecule has 0 amide bonds. The van der Waals surface area contributed by atoms with Gasteiger partial charge >= 0.3 is 0 Å². The first-order chi connectivity index (χ1) is 9.92. The minimum Gasteiger partial charge on any atom is -0.500 e. The third-order valence-electron chi connectivity index (χ3n) is 3.52. The lowest BCUT2D eigenvalue weighted by Gasteiger charge is -2.33. The quantitative estimate of drug-likeness (QED) is 0.330. The number of hydrogen-bond acceptors (Lipinski definition) is 1. The average molecular weight is 387 g/mol. The summed E-state index contributed by atoms with van der Waals surface area (Å²) in [6.07, 6.45) is 4.86. The molecule has 0 spiro atoms. The second-order valence-corrected chi connectivity index (χ2v) is 32.1. The fourth-order valence-corrected chi connectivity index (χ4v) is 6.36. The normalized spacial score (nSPS) is 16.8. The molecule has 0 saturated heterocycles. The fraction of sp³-hybridized carbons (Fsp3) is 0.778. The van der Waals surface area contributed by atoms with Crippen molar-refractivity contribution in [3.8, 4) is 0 Å². The summed E-state index contributed by atoms with van der Waals surface area (Å²) in [6.45, 7) is 29.0. The van der Waals surface area contributed by atoms with Crippen LogP contribution in [-0.4, -0.2) is 38.0 Å². The first-order valence-electron chi connectivity index (χ1n) is 8.98. The monoisotopic (exact) mass is 386 g/mol. The lowest BCUT2D eigenvalue weighted by Crippen LogP contribution is -2.42. The van der Waals surface area contributed by atoms with Gasteiger partial charge < -0.3 is 4.74 Å². The van der Waals surface area contributed by atoms with Crippen molar-refractivity contribution >= 4 is 32.3 Å². The Hall–Kier alpha value is 0.148. The van der Waals surface area contributed by atoms with Gasteiger partial charge in [-0.05, 0) is 6.04 Å². The number of rotatable bonds is 8. The highest BCUT2D eigenvalue weighted by molar-refractivity contribution is 6.83. The molecule has 1 atom stereocenters. The third kappa shape index (κ3) is 11.3. The van der Waals surface area contributed by atoms with Crippen LogP contribution in [0, 0.1) is 0 Å². The van der Waals surface area contributed by atoms with Crippen molar-refractivity contribution in [1.29, 1.82) is 0 Å². The van der Waals surface area contributed by atoms with Gasteiger partial charge in [-0.15, -0.1) is 0 Å². The van der Waals surface area contributed by atoms with Gasteiger partial charge in [0.2, 0.25) is 0 Å². The maximum Gasteiger partial charge on any atom is 0.122 e. The zero-order valence-corrected chi connectivity index (χ0v) is 21.9. The van der Waals surface area contributed by atoms with E-state index in [2.05, 4.69) is 96.4 Å². The van der Waals surface area contributed by atoms with Gasteiger partial charge in [0.1, 0.15) is 13.8 Å². The zero-order valence-electron chi connectivity index (χ0n) is 17.9. The number of allylic oxidation sites excluding steroid dienone is 1. The van der Waals surface area contributed by atoms with E-state index in [4.69, 9.17) is 4.74 Å². The molecular formula is C18H42OSi4. The molecule has 1 nitrogen and oxygen atoms in total. The summed E-state index contributed by atoms with van der Waals surface area (Å²) in [5, 5.41) is 1.33. The molecule has 0 aliphatic carbocycles. The molecule has 136 valence electrons. The van der Waals surface area contributed by atoms with Crippen molar-refractivity contribution < 1.29 is 4.74 Å². The molecule has 0 radical (unpaired) electrons. The van der Waals surface area contributed by atoms with E-state index in [1.807, 2.05) is 0 Å². The van der Waals surface area contributed by atoms with Crippen LogP contribution in [0.3, 0.4) is 0 Å². The summed E-state index contributed by atoms with van der Waals surface area (Å²) in [7, 11) is -5.10. The van der Waals surface area contributed by atoms with Gasteiger partial charge in [-0.2, -0.15) is 0 Å². The number of hydrogen-bond donors (Lipinski definition) is 0. The first-order valence-corrected chi connectivity index (χ1v) is 23.3. The summed E-state index contributed by atoms with van der Waals surface area (Å²) < 4.78 is 6.71. The predicted molar refractivity (Wildman–Crippen MR) is 120 cm³/mol. The maximum atomic E-state index is 6.71. The van der Waals surface area contributed by atoms with Gasteiger partial charge in [0.25, 0.3) is 0 Å². The molecule has 0 aromatic carbocycles. The van der Waals surface area contributed by atoms with E-state index in [0.29, 0.717) is 5.73 Å². The lowest BCUT2D eigenvalue weighted by molar-refractivity contribution is 0.226. The van der Waals surface area contributed by atoms with Crippen LogP contribution in [0.25, 0.3) is 0 Å². The molecule has 5 heteroatoms. The Balaban J connectivity index is 5.51. The third-order valence-corrected chi connectivity index (χ3v) is 9.96. The molecule has 0 bridgehead atoms. The smallest absolute Gasteiger partial charge is 0.122 e. The standard InChI is InChI=1S/C18H42OSi4/c1-20(2,3)15-13-17(22(7,8)9)19-18(23(10,11)12)14-16-21(4,5)6/h13-15,17H,16H2,1-12H3/b15-13+,18-14-. The van der Waals surface area contributed by atoms with Crippen LogP contribution in [0.4, 0.5) is 0 Å². The number of ether oxygens (including phenoxy) is 1. The summed E-state index contributed by atoms with van der Waals surface area (Å²) >= 11 is 0. The fourth-order valence-electron chi connectivity index (χ4n) is 1.95. The van der Waals surface area contributed by atoms with Crippen LogP contribution >= 0.6 is 0 Å². The van der Waals surface area contributed by atoms with Gasteiger partial charge in [-0.25, -0.2) is 0 Å². The second kappa shape index (κ2) is 8.02. The van der Waals surface area contributed by atoms with Crippen molar-refractivity contribution in [3.05, 3.63) is 23.2 Å². The topological polar surface area (TPSA) is 9.23 Å². The summed E-state index contributed by atoms with van der Waals surface area (Å²) in [4.78, 5) is 0. The maximum absolute atomic E-state index is 6.71. The molecule has 0 aliphatic rings. The van der Waals surface area contributed by atoms with Crippen LogP contribution in [0.15, 0.2) is 23.2 Å². The summed E-state index contributed by atoms with van der Waals surface area (Å²) in [6, 6.07) is 1.22. The summed E-state index contributed by atoms with van der Waals surface area (Å²) in [5.41, 5.74) is 2.77. The Kier molecular flexibility index (Phi) is 8.07. The van der Waals surface area contributed by atoms with Gasteiger partial charge in [-0.3, -0.25) is 0 Å². The van der Waals surface area contributed by atoms with E-state index >= 15 is 0 Å². The van der Waals surface area contributed by atoms with Gasteiger partial charge in [0, 0.05) is 8.07 Å². The largest absolute Gasteiger partial charge is 0.500 e. The Morgan fingerprint density at radius 2 is 1.30 bits per heavy atom. The van der Waals surface area contributed by atoms with Gasteiger partial charge in [0.05, 0.1) is 21.5 Å². The molecular weight excluding hydrogens is 345 g/mol. The second-order valence-electron chi connectivity index (χ2n) is 11.2. The molecule has 0 fully saturated rings. The van der Waals surface area contributed by atoms with Crippen molar-refractivity contribution in [1.82, 2.24) is 0 Å². The minimum absolute atomic E-state index is 0.300. The van der Waals surface area contributed by atoms with Gasteiger partial charge in [-0.1, -0.05) is 96.4 Å². The Morgan fingerprint density at radius 3 is 1.61 bits per heavy atom. The van der Waals surface area contributed by atoms with Crippen LogP contribution in [0.1, 0.15) is 0 Å². The van der Waals surface area contributed by atoms with E-state index in [0.717, 1.165) is 0 Å². The van der Waals surface area contributed by atoms with E-state index in [1.165, 1.54) is 11.4 Å². The van der Waals surface area contributed by atoms with E-state index in [9.17, 15) is 0 Å². The molecule has 0 saturated carbocycles. The van der Waals surface area contributed by atoms with E-state index in [-0.39, 0.29) is 0 Å². The van der Waals surface area contributed by atoms with Crippen molar-refractivity contribution in [2.24, 2.45) is 0 Å². The molecule has 0 aromatic heterocycles. The van der Waals surface area contributed by atoms with E-state index in [1.54, 1.807) is 0 Å². The molecule has 0 N–H and O–H groups in total. The molecule has 23 heavy (non-hydrogen) atoms. The highest BCUT2D eigenvalue weighted by atomic mass is 28.3. The highest BCUT2D eigenvalue weighted by Crippen LogP contribution is 2.25. The zero-order chi connectivity index (χ0) is 18.7.